The smallest absolute Gasteiger partial charge is 0.247 e. The predicted octanol–water partition coefficient (Wildman–Crippen LogP) is 2.88. The van der Waals surface area contributed by atoms with Crippen LogP contribution in [0.15, 0.2) is 24.3 Å². The number of aryl methyl sites for hydroxylation is 1. The zero-order chi connectivity index (χ0) is 14.3. The quantitative estimate of drug-likeness (QED) is 0.842. The molecule has 1 aromatic rings. The van der Waals surface area contributed by atoms with Crippen LogP contribution in [0, 0.1) is 6.92 Å². The monoisotopic (exact) mass is 260 g/mol. The van der Waals surface area contributed by atoms with Gasteiger partial charge in [0.15, 0.2) is 0 Å². The minimum absolute atomic E-state index is 0.143. The summed E-state index contributed by atoms with van der Waals surface area (Å²) in [6.45, 7) is 11.1. The molecule has 0 atom stereocenters. The fourth-order valence-electron chi connectivity index (χ4n) is 2.67. The number of benzene rings is 1. The maximum atomic E-state index is 12.9. The van der Waals surface area contributed by atoms with Gasteiger partial charge in [0.1, 0.15) is 0 Å². The molecule has 2 rings (SSSR count). The Morgan fingerprint density at radius 3 is 2.42 bits per heavy atom. The maximum absolute atomic E-state index is 12.9. The number of para-hydroxylation sites is 1. The van der Waals surface area contributed by atoms with Crippen LogP contribution in [-0.4, -0.2) is 23.5 Å². The molecular weight excluding hydrogens is 236 g/mol. The molecule has 1 aromatic carbocycles. The van der Waals surface area contributed by atoms with Crippen LogP contribution in [-0.2, 0) is 4.79 Å². The van der Waals surface area contributed by atoms with E-state index in [-0.39, 0.29) is 11.4 Å². The van der Waals surface area contributed by atoms with E-state index in [1.807, 2.05) is 36.9 Å². The van der Waals surface area contributed by atoms with E-state index in [1.165, 1.54) is 0 Å². The molecule has 0 aliphatic carbocycles. The molecule has 1 aliphatic heterocycles. The van der Waals surface area contributed by atoms with Crippen LogP contribution in [0.3, 0.4) is 0 Å². The fraction of sp³-hybridized carbons (Fsp3) is 0.562. The Kier molecular flexibility index (Phi) is 3.43. The van der Waals surface area contributed by atoms with Crippen LogP contribution in [0.5, 0.6) is 0 Å². The Balaban J connectivity index is 2.55. The van der Waals surface area contributed by atoms with Gasteiger partial charge in [-0.05, 0) is 59.2 Å². The van der Waals surface area contributed by atoms with Crippen molar-refractivity contribution in [2.24, 2.45) is 0 Å². The molecule has 1 fully saturated rings. The number of nitrogens with zero attached hydrogens (tertiary/aromatic N) is 1. The summed E-state index contributed by atoms with van der Waals surface area (Å²) in [5.74, 6) is 0.143. The van der Waals surface area contributed by atoms with Crippen molar-refractivity contribution < 1.29 is 4.79 Å². The topological polar surface area (TPSA) is 32.3 Å². The Bertz CT molecular complexity index is 491. The van der Waals surface area contributed by atoms with Gasteiger partial charge in [0.25, 0.3) is 0 Å². The van der Waals surface area contributed by atoms with Crippen LogP contribution in [0.1, 0.15) is 39.7 Å². The second kappa shape index (κ2) is 4.64. The first-order chi connectivity index (χ1) is 8.76. The summed E-state index contributed by atoms with van der Waals surface area (Å²) in [5, 5.41) is 3.35. The van der Waals surface area contributed by atoms with Crippen molar-refractivity contribution in [3.63, 3.8) is 0 Å². The molecule has 3 heteroatoms. The molecule has 0 aromatic heterocycles. The Morgan fingerprint density at radius 2 is 1.79 bits per heavy atom. The molecule has 1 saturated heterocycles. The standard InChI is InChI=1S/C16H24N2O/c1-12-8-6-7-9-13(12)18-14(19)16(4,5)17-11-10-15(18,2)3/h6-9,17H,10-11H2,1-5H3. The molecule has 19 heavy (non-hydrogen) atoms. The van der Waals surface area contributed by atoms with E-state index in [0.717, 1.165) is 24.2 Å². The lowest BCUT2D eigenvalue weighted by atomic mass is 9.95. The Hall–Kier alpha value is -1.35. The molecule has 104 valence electrons. The number of rotatable bonds is 1. The molecular formula is C16H24N2O. The van der Waals surface area contributed by atoms with E-state index in [2.05, 4.69) is 32.2 Å². The van der Waals surface area contributed by atoms with Crippen molar-refractivity contribution >= 4 is 11.6 Å². The lowest BCUT2D eigenvalue weighted by molar-refractivity contribution is -0.124. The fourth-order valence-corrected chi connectivity index (χ4v) is 2.67. The van der Waals surface area contributed by atoms with Gasteiger partial charge in [-0.3, -0.25) is 4.79 Å². The highest BCUT2D eigenvalue weighted by molar-refractivity contribution is 6.01. The zero-order valence-corrected chi connectivity index (χ0v) is 12.6. The van der Waals surface area contributed by atoms with Gasteiger partial charge in [-0.2, -0.15) is 0 Å². The molecule has 1 amide bonds. The molecule has 0 spiro atoms. The Labute approximate surface area is 116 Å². The first-order valence-electron chi connectivity index (χ1n) is 6.91. The molecule has 0 unspecified atom stereocenters. The number of carbonyl (C=O) groups is 1. The maximum Gasteiger partial charge on any atom is 0.247 e. The first kappa shape index (κ1) is 14.1. The number of carbonyl (C=O) groups excluding carboxylic acids is 1. The molecule has 0 bridgehead atoms. The van der Waals surface area contributed by atoms with Gasteiger partial charge in [-0.1, -0.05) is 18.2 Å². The van der Waals surface area contributed by atoms with Crippen LogP contribution < -0.4 is 10.2 Å². The van der Waals surface area contributed by atoms with Crippen molar-refractivity contribution in [3.05, 3.63) is 29.8 Å². The van der Waals surface area contributed by atoms with Gasteiger partial charge >= 0.3 is 0 Å². The number of hydrogen-bond acceptors (Lipinski definition) is 2. The van der Waals surface area contributed by atoms with Gasteiger partial charge in [0.2, 0.25) is 5.91 Å². The summed E-state index contributed by atoms with van der Waals surface area (Å²) in [7, 11) is 0. The van der Waals surface area contributed by atoms with Crippen LogP contribution in [0.2, 0.25) is 0 Å². The SMILES string of the molecule is Cc1ccccc1N1C(=O)C(C)(C)NCCC1(C)C. The zero-order valence-electron chi connectivity index (χ0n) is 12.6. The molecule has 1 heterocycles. The lowest BCUT2D eigenvalue weighted by Crippen LogP contribution is -2.56. The lowest BCUT2D eigenvalue weighted by Gasteiger charge is -2.40. The van der Waals surface area contributed by atoms with Gasteiger partial charge in [0, 0.05) is 11.2 Å². The third-order valence-corrected chi connectivity index (χ3v) is 4.00. The normalized spacial score (nSPS) is 22.2. The van der Waals surface area contributed by atoms with Crippen LogP contribution >= 0.6 is 0 Å². The van der Waals surface area contributed by atoms with Gasteiger partial charge in [-0.15, -0.1) is 0 Å². The molecule has 0 saturated carbocycles. The van der Waals surface area contributed by atoms with Gasteiger partial charge in [-0.25, -0.2) is 0 Å². The van der Waals surface area contributed by atoms with Crippen molar-refractivity contribution in [1.82, 2.24) is 5.32 Å². The minimum atomic E-state index is -0.518. The predicted molar refractivity (Wildman–Crippen MR) is 79.4 cm³/mol. The molecule has 3 nitrogen and oxygen atoms in total. The molecule has 1 N–H and O–H groups in total. The van der Waals surface area contributed by atoms with Crippen molar-refractivity contribution in [2.45, 2.75) is 52.1 Å². The largest absolute Gasteiger partial charge is 0.305 e. The third kappa shape index (κ3) is 2.52. The van der Waals surface area contributed by atoms with E-state index < -0.39 is 5.54 Å². The van der Waals surface area contributed by atoms with Gasteiger partial charge < -0.3 is 10.2 Å². The average Bonchev–Trinajstić information content (AvgIpc) is 2.37. The van der Waals surface area contributed by atoms with Crippen molar-refractivity contribution in [3.8, 4) is 0 Å². The number of hydrogen-bond donors (Lipinski definition) is 1. The summed E-state index contributed by atoms with van der Waals surface area (Å²) in [4.78, 5) is 14.9. The summed E-state index contributed by atoms with van der Waals surface area (Å²) in [5.41, 5.74) is 1.47. The van der Waals surface area contributed by atoms with Crippen LogP contribution in [0.4, 0.5) is 5.69 Å². The molecule has 1 aliphatic rings. The second-order valence-corrected chi connectivity index (χ2v) is 6.54. The average molecular weight is 260 g/mol. The summed E-state index contributed by atoms with van der Waals surface area (Å²) >= 11 is 0. The van der Waals surface area contributed by atoms with E-state index in [4.69, 9.17) is 0 Å². The molecule has 0 radical (unpaired) electrons. The van der Waals surface area contributed by atoms with E-state index >= 15 is 0 Å². The first-order valence-corrected chi connectivity index (χ1v) is 6.91. The second-order valence-electron chi connectivity index (χ2n) is 6.54. The highest BCUT2D eigenvalue weighted by atomic mass is 16.2. The van der Waals surface area contributed by atoms with Crippen molar-refractivity contribution in [2.75, 3.05) is 11.4 Å². The Morgan fingerprint density at radius 1 is 1.16 bits per heavy atom. The minimum Gasteiger partial charge on any atom is -0.305 e. The number of anilines is 1. The van der Waals surface area contributed by atoms with Crippen LogP contribution in [0.25, 0.3) is 0 Å². The summed E-state index contributed by atoms with van der Waals surface area (Å²) in [6, 6.07) is 8.11. The van der Waals surface area contributed by atoms with E-state index in [9.17, 15) is 4.79 Å². The summed E-state index contributed by atoms with van der Waals surface area (Å²) in [6.07, 6.45) is 0.941. The highest BCUT2D eigenvalue weighted by Gasteiger charge is 2.42. The van der Waals surface area contributed by atoms with E-state index in [1.54, 1.807) is 0 Å². The van der Waals surface area contributed by atoms with E-state index in [0.29, 0.717) is 0 Å². The van der Waals surface area contributed by atoms with Crippen molar-refractivity contribution in [1.29, 1.82) is 0 Å². The number of nitrogens with one attached hydrogen (secondary N) is 1. The number of amides is 1. The summed E-state index contributed by atoms with van der Waals surface area (Å²) < 4.78 is 0. The highest BCUT2D eigenvalue weighted by Crippen LogP contribution is 2.33. The van der Waals surface area contributed by atoms with Gasteiger partial charge in [0.05, 0.1) is 5.54 Å². The third-order valence-electron chi connectivity index (χ3n) is 4.00.